The molecule has 0 radical (unpaired) electrons. The van der Waals surface area contributed by atoms with E-state index in [-0.39, 0.29) is 18.6 Å². The fourth-order valence-electron chi connectivity index (χ4n) is 1.51. The van der Waals surface area contributed by atoms with Gasteiger partial charge in [0.1, 0.15) is 18.4 Å². The molecule has 0 saturated heterocycles. The predicted octanol–water partition coefficient (Wildman–Crippen LogP) is 1.01. The molecule has 6 nitrogen and oxygen atoms in total. The van der Waals surface area contributed by atoms with E-state index in [0.717, 1.165) is 12.8 Å². The van der Waals surface area contributed by atoms with Crippen LogP contribution in [0, 0.1) is 5.92 Å². The minimum absolute atomic E-state index is 0.137. The van der Waals surface area contributed by atoms with Crippen LogP contribution in [0.3, 0.4) is 0 Å². The molecule has 0 spiro atoms. The number of hydrogen-bond donors (Lipinski definition) is 2. The van der Waals surface area contributed by atoms with E-state index in [4.69, 9.17) is 9.47 Å². The van der Waals surface area contributed by atoms with Crippen molar-refractivity contribution in [2.75, 3.05) is 13.8 Å². The predicted molar refractivity (Wildman–Crippen MR) is 65.9 cm³/mol. The number of carbonyl (C=O) groups is 2. The smallest absolute Gasteiger partial charge is 0.408 e. The molecule has 6 heteroatoms. The SMILES string of the molecule is COCNC(=O)C(NC(=O)OC(C)(C)C)C1CC1. The third kappa shape index (κ3) is 5.35. The Hall–Kier alpha value is -1.30. The molecule has 18 heavy (non-hydrogen) atoms. The molecule has 1 saturated carbocycles. The van der Waals surface area contributed by atoms with Gasteiger partial charge >= 0.3 is 6.09 Å². The third-order valence-electron chi connectivity index (χ3n) is 2.44. The standard InChI is InChI=1S/C12H22N2O4/c1-12(2,3)18-11(16)14-9(8-5-6-8)10(15)13-7-17-4/h8-9H,5-7H2,1-4H3,(H,13,15)(H,14,16). The summed E-state index contributed by atoms with van der Waals surface area (Å²) in [5.74, 6) is -0.0282. The van der Waals surface area contributed by atoms with Gasteiger partial charge in [-0.1, -0.05) is 0 Å². The molecule has 0 aromatic carbocycles. The number of nitrogens with one attached hydrogen (secondary N) is 2. The Morgan fingerprint density at radius 1 is 1.33 bits per heavy atom. The monoisotopic (exact) mass is 258 g/mol. The number of hydrogen-bond acceptors (Lipinski definition) is 4. The van der Waals surface area contributed by atoms with Crippen LogP contribution in [0.5, 0.6) is 0 Å². The highest BCUT2D eigenvalue weighted by molar-refractivity contribution is 5.86. The van der Waals surface area contributed by atoms with Crippen LogP contribution in [0.4, 0.5) is 4.79 Å². The van der Waals surface area contributed by atoms with Gasteiger partial charge in [-0.3, -0.25) is 4.79 Å². The minimum Gasteiger partial charge on any atom is -0.444 e. The second-order valence-electron chi connectivity index (χ2n) is 5.44. The summed E-state index contributed by atoms with van der Waals surface area (Å²) in [6.07, 6.45) is 1.33. The fourth-order valence-corrected chi connectivity index (χ4v) is 1.51. The average molecular weight is 258 g/mol. The van der Waals surface area contributed by atoms with E-state index < -0.39 is 17.7 Å². The molecule has 2 N–H and O–H groups in total. The molecule has 1 rings (SSSR count). The normalized spacial score (nSPS) is 16.9. The van der Waals surface area contributed by atoms with Crippen LogP contribution in [-0.4, -0.2) is 37.5 Å². The zero-order valence-corrected chi connectivity index (χ0v) is 11.4. The van der Waals surface area contributed by atoms with Gasteiger partial charge in [-0.05, 0) is 39.5 Å². The summed E-state index contributed by atoms with van der Waals surface area (Å²) in [7, 11) is 1.49. The van der Waals surface area contributed by atoms with Gasteiger partial charge in [-0.25, -0.2) is 4.79 Å². The van der Waals surface area contributed by atoms with Crippen molar-refractivity contribution in [2.45, 2.75) is 45.3 Å². The van der Waals surface area contributed by atoms with E-state index in [2.05, 4.69) is 10.6 Å². The fraction of sp³-hybridized carbons (Fsp3) is 0.833. The average Bonchev–Trinajstić information content (AvgIpc) is 3.03. The van der Waals surface area contributed by atoms with E-state index in [1.54, 1.807) is 20.8 Å². The molecule has 1 aliphatic carbocycles. The van der Waals surface area contributed by atoms with Crippen LogP contribution in [0.1, 0.15) is 33.6 Å². The second-order valence-corrected chi connectivity index (χ2v) is 5.44. The molecule has 0 heterocycles. The molecule has 1 atom stereocenters. The molecule has 0 bridgehead atoms. The van der Waals surface area contributed by atoms with Gasteiger partial charge in [0.15, 0.2) is 0 Å². The summed E-state index contributed by atoms with van der Waals surface area (Å²) in [5, 5.41) is 5.21. The van der Waals surface area contributed by atoms with Gasteiger partial charge in [-0.2, -0.15) is 0 Å². The van der Waals surface area contributed by atoms with Crippen molar-refractivity contribution in [2.24, 2.45) is 5.92 Å². The zero-order valence-electron chi connectivity index (χ0n) is 11.4. The highest BCUT2D eigenvalue weighted by atomic mass is 16.6. The van der Waals surface area contributed by atoms with Crippen molar-refractivity contribution in [3.8, 4) is 0 Å². The summed E-state index contributed by atoms with van der Waals surface area (Å²) < 4.78 is 9.91. The lowest BCUT2D eigenvalue weighted by Crippen LogP contribution is -2.49. The Labute approximate surface area is 107 Å². The summed E-state index contributed by atoms with van der Waals surface area (Å²) in [6, 6.07) is -0.532. The van der Waals surface area contributed by atoms with E-state index in [9.17, 15) is 9.59 Å². The highest BCUT2D eigenvalue weighted by Crippen LogP contribution is 2.32. The number of rotatable bonds is 5. The lowest BCUT2D eigenvalue weighted by Gasteiger charge is -2.23. The Morgan fingerprint density at radius 2 is 1.94 bits per heavy atom. The third-order valence-corrected chi connectivity index (χ3v) is 2.44. The summed E-state index contributed by atoms with van der Waals surface area (Å²) in [4.78, 5) is 23.5. The molecular weight excluding hydrogens is 236 g/mol. The maximum Gasteiger partial charge on any atom is 0.408 e. The first-order valence-electron chi connectivity index (χ1n) is 6.09. The molecular formula is C12H22N2O4. The van der Waals surface area contributed by atoms with Gasteiger partial charge in [0.2, 0.25) is 5.91 Å². The molecule has 0 aliphatic heterocycles. The first-order chi connectivity index (χ1) is 8.33. The number of amides is 2. The van der Waals surface area contributed by atoms with E-state index in [1.807, 2.05) is 0 Å². The van der Waals surface area contributed by atoms with Gasteiger partial charge < -0.3 is 20.1 Å². The Bertz CT molecular complexity index is 308. The summed E-state index contributed by atoms with van der Waals surface area (Å²) >= 11 is 0. The number of carbonyl (C=O) groups excluding carboxylic acids is 2. The van der Waals surface area contributed by atoms with Crippen molar-refractivity contribution in [1.82, 2.24) is 10.6 Å². The Balaban J connectivity index is 2.47. The van der Waals surface area contributed by atoms with Crippen molar-refractivity contribution in [3.05, 3.63) is 0 Å². The second kappa shape index (κ2) is 6.04. The van der Waals surface area contributed by atoms with Crippen LogP contribution < -0.4 is 10.6 Å². The van der Waals surface area contributed by atoms with Gasteiger partial charge in [0.05, 0.1) is 0 Å². The van der Waals surface area contributed by atoms with Crippen LogP contribution in [0.15, 0.2) is 0 Å². The Morgan fingerprint density at radius 3 is 2.39 bits per heavy atom. The van der Waals surface area contributed by atoms with E-state index in [0.29, 0.717) is 0 Å². The number of methoxy groups -OCH3 is 1. The molecule has 104 valence electrons. The van der Waals surface area contributed by atoms with Crippen molar-refractivity contribution in [3.63, 3.8) is 0 Å². The number of alkyl carbamates (subject to hydrolysis) is 1. The van der Waals surface area contributed by atoms with E-state index in [1.165, 1.54) is 7.11 Å². The van der Waals surface area contributed by atoms with Gasteiger partial charge in [0.25, 0.3) is 0 Å². The van der Waals surface area contributed by atoms with Crippen molar-refractivity contribution < 1.29 is 19.1 Å². The lowest BCUT2D eigenvalue weighted by molar-refractivity contribution is -0.125. The van der Waals surface area contributed by atoms with Crippen LogP contribution >= 0.6 is 0 Å². The molecule has 1 fully saturated rings. The van der Waals surface area contributed by atoms with Crippen LogP contribution in [0.25, 0.3) is 0 Å². The number of ether oxygens (including phenoxy) is 2. The topological polar surface area (TPSA) is 76.7 Å². The molecule has 1 aliphatic rings. The van der Waals surface area contributed by atoms with Crippen molar-refractivity contribution >= 4 is 12.0 Å². The summed E-state index contributed by atoms with van der Waals surface area (Å²) in [5.41, 5.74) is -0.568. The zero-order chi connectivity index (χ0) is 13.8. The molecule has 2 amide bonds. The van der Waals surface area contributed by atoms with Gasteiger partial charge in [-0.15, -0.1) is 0 Å². The summed E-state index contributed by atoms with van der Waals surface area (Å²) in [6.45, 7) is 5.48. The maximum absolute atomic E-state index is 11.8. The Kier molecular flexibility index (Phi) is 4.95. The first-order valence-corrected chi connectivity index (χ1v) is 6.09. The minimum atomic E-state index is -0.568. The lowest BCUT2D eigenvalue weighted by atomic mass is 10.1. The van der Waals surface area contributed by atoms with E-state index >= 15 is 0 Å². The molecule has 1 unspecified atom stereocenters. The van der Waals surface area contributed by atoms with Crippen LogP contribution in [0.2, 0.25) is 0 Å². The molecule has 0 aromatic heterocycles. The maximum atomic E-state index is 11.8. The van der Waals surface area contributed by atoms with Crippen LogP contribution in [-0.2, 0) is 14.3 Å². The largest absolute Gasteiger partial charge is 0.444 e. The first kappa shape index (κ1) is 14.8. The highest BCUT2D eigenvalue weighted by Gasteiger charge is 2.38. The van der Waals surface area contributed by atoms with Crippen molar-refractivity contribution in [1.29, 1.82) is 0 Å². The molecule has 0 aromatic rings. The quantitative estimate of drug-likeness (QED) is 0.722. The van der Waals surface area contributed by atoms with Gasteiger partial charge in [0, 0.05) is 7.11 Å².